The van der Waals surface area contributed by atoms with Gasteiger partial charge < -0.3 is 11.1 Å². The lowest BCUT2D eigenvalue weighted by molar-refractivity contribution is 0.1000. The minimum atomic E-state index is -0.539. The molecule has 1 atom stereocenters. The van der Waals surface area contributed by atoms with Gasteiger partial charge in [-0.2, -0.15) is 0 Å². The average molecular weight is 238 g/mol. The molecule has 3 N–H and O–H groups in total. The summed E-state index contributed by atoms with van der Waals surface area (Å²) in [6.07, 6.45) is 0. The van der Waals surface area contributed by atoms with Gasteiger partial charge in [0.2, 0.25) is 5.91 Å². The summed E-state index contributed by atoms with van der Waals surface area (Å²) in [5, 5.41) is 3.21. The van der Waals surface area contributed by atoms with Gasteiger partial charge in [-0.1, -0.05) is 13.8 Å². The predicted molar refractivity (Wildman–Crippen MR) is 66.1 cm³/mol. The van der Waals surface area contributed by atoms with Crippen molar-refractivity contribution >= 4 is 5.91 Å². The van der Waals surface area contributed by atoms with E-state index in [4.69, 9.17) is 5.73 Å². The van der Waals surface area contributed by atoms with Crippen LogP contribution in [0, 0.1) is 11.7 Å². The number of carbonyl (C=O) groups excluding carboxylic acids is 1. The van der Waals surface area contributed by atoms with Crippen molar-refractivity contribution in [1.82, 2.24) is 5.32 Å². The maximum Gasteiger partial charge on any atom is 0.248 e. The van der Waals surface area contributed by atoms with E-state index in [1.165, 1.54) is 18.2 Å². The molecule has 0 aliphatic rings. The van der Waals surface area contributed by atoms with E-state index >= 15 is 0 Å². The van der Waals surface area contributed by atoms with Crippen molar-refractivity contribution in [2.45, 2.75) is 33.4 Å². The Kier molecular flexibility index (Phi) is 4.63. The molecule has 1 rings (SSSR count). The minimum absolute atomic E-state index is 0.284. The number of hydrogen-bond acceptors (Lipinski definition) is 2. The molecule has 1 unspecified atom stereocenters. The summed E-state index contributed by atoms with van der Waals surface area (Å²) in [6.45, 7) is 6.62. The molecule has 0 radical (unpaired) electrons. The summed E-state index contributed by atoms with van der Waals surface area (Å²) in [5.41, 5.74) is 5.96. The zero-order valence-electron chi connectivity index (χ0n) is 10.5. The zero-order chi connectivity index (χ0) is 13.0. The Labute approximate surface area is 101 Å². The van der Waals surface area contributed by atoms with Gasteiger partial charge in [-0.05, 0) is 31.0 Å². The molecule has 94 valence electrons. The molecule has 0 aromatic heterocycles. The van der Waals surface area contributed by atoms with Crippen LogP contribution in [-0.2, 0) is 6.54 Å². The van der Waals surface area contributed by atoms with Crippen LogP contribution in [0.15, 0.2) is 18.2 Å². The third-order valence-electron chi connectivity index (χ3n) is 2.94. The topological polar surface area (TPSA) is 55.1 Å². The summed E-state index contributed by atoms with van der Waals surface area (Å²) in [4.78, 5) is 11.0. The number of nitrogens with one attached hydrogen (secondary N) is 1. The third kappa shape index (κ3) is 3.82. The molecule has 0 saturated heterocycles. The minimum Gasteiger partial charge on any atom is -0.366 e. The molecule has 17 heavy (non-hydrogen) atoms. The molecule has 0 saturated carbocycles. The molecule has 0 aliphatic carbocycles. The van der Waals surface area contributed by atoms with Crippen molar-refractivity contribution in [3.05, 3.63) is 35.1 Å². The molecule has 1 amide bonds. The maximum absolute atomic E-state index is 13.5. The zero-order valence-corrected chi connectivity index (χ0v) is 10.5. The Balaban J connectivity index is 2.76. The summed E-state index contributed by atoms with van der Waals surface area (Å²) in [6, 6.07) is 4.45. The van der Waals surface area contributed by atoms with Crippen molar-refractivity contribution in [1.29, 1.82) is 0 Å². The Hall–Kier alpha value is -1.42. The van der Waals surface area contributed by atoms with Gasteiger partial charge in [0.15, 0.2) is 0 Å². The van der Waals surface area contributed by atoms with Crippen LogP contribution in [0.2, 0.25) is 0 Å². The van der Waals surface area contributed by atoms with Crippen molar-refractivity contribution in [2.75, 3.05) is 0 Å². The smallest absolute Gasteiger partial charge is 0.248 e. The second kappa shape index (κ2) is 5.77. The fraction of sp³-hybridized carbons (Fsp3) is 0.462. The van der Waals surface area contributed by atoms with E-state index < -0.39 is 5.91 Å². The van der Waals surface area contributed by atoms with Gasteiger partial charge in [0, 0.05) is 23.7 Å². The summed E-state index contributed by atoms with van der Waals surface area (Å²) in [7, 11) is 0. The van der Waals surface area contributed by atoms with Crippen molar-refractivity contribution < 1.29 is 9.18 Å². The summed E-state index contributed by atoms with van der Waals surface area (Å²) < 4.78 is 13.5. The third-order valence-corrected chi connectivity index (χ3v) is 2.94. The monoisotopic (exact) mass is 238 g/mol. The normalized spacial score (nSPS) is 12.8. The van der Waals surface area contributed by atoms with Crippen LogP contribution < -0.4 is 11.1 Å². The maximum atomic E-state index is 13.5. The van der Waals surface area contributed by atoms with Crippen LogP contribution in [-0.4, -0.2) is 11.9 Å². The first-order valence-corrected chi connectivity index (χ1v) is 5.73. The van der Waals surface area contributed by atoms with E-state index in [2.05, 4.69) is 19.2 Å². The van der Waals surface area contributed by atoms with E-state index in [1.54, 1.807) is 0 Å². The fourth-order valence-electron chi connectivity index (χ4n) is 1.37. The van der Waals surface area contributed by atoms with Crippen LogP contribution in [0.3, 0.4) is 0 Å². The Morgan fingerprint density at radius 1 is 1.41 bits per heavy atom. The second-order valence-corrected chi connectivity index (χ2v) is 4.58. The molecule has 1 aromatic rings. The SMILES string of the molecule is CC(C)C(C)NCc1cc(C(N)=O)ccc1F. The highest BCUT2D eigenvalue weighted by molar-refractivity contribution is 5.92. The number of primary amides is 1. The molecule has 1 aromatic carbocycles. The van der Waals surface area contributed by atoms with E-state index in [0.29, 0.717) is 23.6 Å². The molecule has 4 heteroatoms. The fourth-order valence-corrected chi connectivity index (χ4v) is 1.37. The molecule has 0 aliphatic heterocycles. The van der Waals surface area contributed by atoms with Gasteiger partial charge in [-0.15, -0.1) is 0 Å². The highest BCUT2D eigenvalue weighted by Crippen LogP contribution is 2.11. The Morgan fingerprint density at radius 3 is 2.59 bits per heavy atom. The van der Waals surface area contributed by atoms with Crippen LogP contribution in [0.25, 0.3) is 0 Å². The first-order chi connectivity index (χ1) is 7.91. The van der Waals surface area contributed by atoms with E-state index in [-0.39, 0.29) is 11.9 Å². The highest BCUT2D eigenvalue weighted by Gasteiger charge is 2.10. The van der Waals surface area contributed by atoms with Crippen LogP contribution in [0.1, 0.15) is 36.7 Å². The van der Waals surface area contributed by atoms with E-state index in [9.17, 15) is 9.18 Å². The number of amides is 1. The van der Waals surface area contributed by atoms with Crippen LogP contribution >= 0.6 is 0 Å². The van der Waals surface area contributed by atoms with Gasteiger partial charge in [-0.25, -0.2) is 4.39 Å². The van der Waals surface area contributed by atoms with E-state index in [1.807, 2.05) is 6.92 Å². The largest absolute Gasteiger partial charge is 0.366 e. The van der Waals surface area contributed by atoms with Gasteiger partial charge in [0.1, 0.15) is 5.82 Å². The number of hydrogen-bond donors (Lipinski definition) is 2. The van der Waals surface area contributed by atoms with Gasteiger partial charge >= 0.3 is 0 Å². The van der Waals surface area contributed by atoms with Gasteiger partial charge in [-0.3, -0.25) is 4.79 Å². The molecule has 0 heterocycles. The lowest BCUT2D eigenvalue weighted by Crippen LogP contribution is -2.30. The van der Waals surface area contributed by atoms with Gasteiger partial charge in [0.05, 0.1) is 0 Å². The lowest BCUT2D eigenvalue weighted by Gasteiger charge is -2.17. The molecular weight excluding hydrogens is 219 g/mol. The van der Waals surface area contributed by atoms with Crippen LogP contribution in [0.4, 0.5) is 4.39 Å². The number of carbonyl (C=O) groups is 1. The van der Waals surface area contributed by atoms with Crippen molar-refractivity contribution in [2.24, 2.45) is 11.7 Å². The first kappa shape index (κ1) is 13.6. The second-order valence-electron chi connectivity index (χ2n) is 4.58. The van der Waals surface area contributed by atoms with Crippen molar-refractivity contribution in [3.8, 4) is 0 Å². The molecule has 0 fully saturated rings. The molecule has 0 spiro atoms. The lowest BCUT2D eigenvalue weighted by atomic mass is 10.1. The highest BCUT2D eigenvalue weighted by atomic mass is 19.1. The number of nitrogens with two attached hydrogens (primary N) is 1. The molecular formula is C13H19FN2O. The molecule has 0 bridgehead atoms. The number of benzene rings is 1. The van der Waals surface area contributed by atoms with Crippen molar-refractivity contribution in [3.63, 3.8) is 0 Å². The van der Waals surface area contributed by atoms with Gasteiger partial charge in [0.25, 0.3) is 0 Å². The number of rotatable bonds is 5. The Morgan fingerprint density at radius 2 is 2.06 bits per heavy atom. The van der Waals surface area contributed by atoms with E-state index in [0.717, 1.165) is 0 Å². The summed E-state index contributed by atoms with van der Waals surface area (Å²) >= 11 is 0. The van der Waals surface area contributed by atoms with Crippen LogP contribution in [0.5, 0.6) is 0 Å². The Bertz CT molecular complexity index is 404. The predicted octanol–water partition coefficient (Wildman–Crippen LogP) is 2.06. The standard InChI is InChI=1S/C13H19FN2O/c1-8(2)9(3)16-7-11-6-10(13(15)17)4-5-12(11)14/h4-6,8-9,16H,7H2,1-3H3,(H2,15,17). The molecule has 3 nitrogen and oxygen atoms in total. The quantitative estimate of drug-likeness (QED) is 0.825. The first-order valence-electron chi connectivity index (χ1n) is 5.73. The average Bonchev–Trinajstić information content (AvgIpc) is 2.26. The number of halogens is 1. The summed E-state index contributed by atoms with van der Waals surface area (Å²) in [5.74, 6) is -0.390.